The number of hydrogen-bond donors (Lipinski definition) is 1. The van der Waals surface area contributed by atoms with E-state index in [9.17, 15) is 13.6 Å². The van der Waals surface area contributed by atoms with Crippen LogP contribution >= 0.6 is 0 Å². The Bertz CT molecular complexity index is 888. The summed E-state index contributed by atoms with van der Waals surface area (Å²) < 4.78 is 27.5. The SMILES string of the molecule is Cc1ccc(C)c(CC(=O)NC(c2ccc(F)c(F)c2)C(C)(C)N2CCCC2)c1. The van der Waals surface area contributed by atoms with Crippen molar-refractivity contribution < 1.29 is 13.6 Å². The average molecular weight is 401 g/mol. The van der Waals surface area contributed by atoms with E-state index in [4.69, 9.17) is 0 Å². The van der Waals surface area contributed by atoms with Crippen LogP contribution in [0.15, 0.2) is 36.4 Å². The maximum absolute atomic E-state index is 14.0. The third kappa shape index (κ3) is 4.84. The van der Waals surface area contributed by atoms with E-state index < -0.39 is 23.2 Å². The zero-order chi connectivity index (χ0) is 21.2. The lowest BCUT2D eigenvalue weighted by molar-refractivity contribution is -0.122. The number of aryl methyl sites for hydroxylation is 2. The first kappa shape index (κ1) is 21.4. The monoisotopic (exact) mass is 400 g/mol. The molecule has 1 saturated heterocycles. The predicted molar refractivity (Wildman–Crippen MR) is 112 cm³/mol. The van der Waals surface area contributed by atoms with Crippen LogP contribution < -0.4 is 5.32 Å². The summed E-state index contributed by atoms with van der Waals surface area (Å²) >= 11 is 0. The van der Waals surface area contributed by atoms with Crippen molar-refractivity contribution in [2.75, 3.05) is 13.1 Å². The predicted octanol–water partition coefficient (Wildman–Crippen LogP) is 4.86. The standard InChI is InChI=1S/C24H30F2N2O/c1-16-7-8-17(2)19(13-16)15-22(29)27-23(18-9-10-20(25)21(26)14-18)24(3,4)28-11-5-6-12-28/h7-10,13-14,23H,5-6,11-12,15H2,1-4H3,(H,27,29). The lowest BCUT2D eigenvalue weighted by Crippen LogP contribution is -2.53. The van der Waals surface area contributed by atoms with Gasteiger partial charge in [0.05, 0.1) is 12.5 Å². The number of likely N-dealkylation sites (tertiary alicyclic amines) is 1. The van der Waals surface area contributed by atoms with Crippen LogP contribution in [0.5, 0.6) is 0 Å². The summed E-state index contributed by atoms with van der Waals surface area (Å²) in [4.78, 5) is 15.3. The molecule has 1 N–H and O–H groups in total. The highest BCUT2D eigenvalue weighted by atomic mass is 19.2. The van der Waals surface area contributed by atoms with Gasteiger partial charge < -0.3 is 5.32 Å². The molecule has 1 unspecified atom stereocenters. The lowest BCUT2D eigenvalue weighted by Gasteiger charge is -2.42. The van der Waals surface area contributed by atoms with Gasteiger partial charge >= 0.3 is 0 Å². The molecule has 0 aromatic heterocycles. The number of benzene rings is 2. The van der Waals surface area contributed by atoms with E-state index >= 15 is 0 Å². The normalized spacial score (nSPS) is 16.1. The van der Waals surface area contributed by atoms with Gasteiger partial charge in [-0.05, 0) is 82.4 Å². The van der Waals surface area contributed by atoms with Crippen molar-refractivity contribution >= 4 is 5.91 Å². The molecule has 1 aliphatic rings. The average Bonchev–Trinajstić information content (AvgIpc) is 3.21. The zero-order valence-corrected chi connectivity index (χ0v) is 17.7. The first-order chi connectivity index (χ1) is 13.7. The molecule has 0 aliphatic carbocycles. The van der Waals surface area contributed by atoms with Gasteiger partial charge in [0, 0.05) is 5.54 Å². The number of carbonyl (C=O) groups excluding carboxylic acids is 1. The summed E-state index contributed by atoms with van der Waals surface area (Å²) in [6.45, 7) is 9.97. The lowest BCUT2D eigenvalue weighted by atomic mass is 9.86. The molecule has 0 radical (unpaired) electrons. The number of nitrogens with zero attached hydrogens (tertiary/aromatic N) is 1. The maximum atomic E-state index is 14.0. The number of hydrogen-bond acceptors (Lipinski definition) is 2. The fraction of sp³-hybridized carbons (Fsp3) is 0.458. The van der Waals surface area contributed by atoms with Gasteiger partial charge in [-0.3, -0.25) is 9.69 Å². The molecule has 156 valence electrons. The van der Waals surface area contributed by atoms with Gasteiger partial charge in [0.2, 0.25) is 5.91 Å². The Morgan fingerprint density at radius 2 is 1.76 bits per heavy atom. The van der Waals surface area contributed by atoms with E-state index in [1.807, 2.05) is 32.0 Å². The molecule has 1 aliphatic heterocycles. The summed E-state index contributed by atoms with van der Waals surface area (Å²) in [5, 5.41) is 3.12. The molecule has 1 amide bonds. The van der Waals surface area contributed by atoms with E-state index in [1.54, 1.807) is 6.07 Å². The molecule has 5 heteroatoms. The third-order valence-electron chi connectivity index (χ3n) is 6.07. The largest absolute Gasteiger partial charge is 0.347 e. The molecular weight excluding hydrogens is 370 g/mol. The Kier molecular flexibility index (Phi) is 6.37. The van der Waals surface area contributed by atoms with Crippen LogP contribution in [0, 0.1) is 25.5 Å². The summed E-state index contributed by atoms with van der Waals surface area (Å²) in [5.74, 6) is -1.90. The molecular formula is C24H30F2N2O. The summed E-state index contributed by atoms with van der Waals surface area (Å²) in [5.41, 5.74) is 3.29. The Balaban J connectivity index is 1.89. The molecule has 1 heterocycles. The van der Waals surface area contributed by atoms with Crippen molar-refractivity contribution in [3.8, 4) is 0 Å². The molecule has 0 spiro atoms. The molecule has 3 nitrogen and oxygen atoms in total. The minimum absolute atomic E-state index is 0.124. The van der Waals surface area contributed by atoms with Gasteiger partial charge in [-0.15, -0.1) is 0 Å². The molecule has 1 atom stereocenters. The van der Waals surface area contributed by atoms with Crippen LogP contribution in [0.1, 0.15) is 55.0 Å². The molecule has 3 rings (SSSR count). The quantitative estimate of drug-likeness (QED) is 0.751. The fourth-order valence-electron chi connectivity index (χ4n) is 4.21. The highest BCUT2D eigenvalue weighted by Crippen LogP contribution is 2.34. The van der Waals surface area contributed by atoms with E-state index in [0.717, 1.165) is 48.7 Å². The topological polar surface area (TPSA) is 32.3 Å². The number of nitrogens with one attached hydrogen (secondary N) is 1. The van der Waals surface area contributed by atoms with Gasteiger partial charge in [0.25, 0.3) is 0 Å². The number of rotatable bonds is 6. The number of carbonyl (C=O) groups is 1. The van der Waals surface area contributed by atoms with E-state index in [2.05, 4.69) is 24.1 Å². The van der Waals surface area contributed by atoms with E-state index in [1.165, 1.54) is 6.07 Å². The van der Waals surface area contributed by atoms with Crippen LogP contribution in [0.25, 0.3) is 0 Å². The van der Waals surface area contributed by atoms with Crippen molar-refractivity contribution in [1.29, 1.82) is 0 Å². The van der Waals surface area contributed by atoms with E-state index in [0.29, 0.717) is 5.56 Å². The van der Waals surface area contributed by atoms with Crippen molar-refractivity contribution in [2.24, 2.45) is 0 Å². The van der Waals surface area contributed by atoms with Crippen LogP contribution in [-0.4, -0.2) is 29.4 Å². The molecule has 1 fully saturated rings. The number of amides is 1. The molecule has 29 heavy (non-hydrogen) atoms. The summed E-state index contributed by atoms with van der Waals surface area (Å²) in [7, 11) is 0. The molecule has 0 saturated carbocycles. The van der Waals surface area contributed by atoms with Gasteiger partial charge in [-0.1, -0.05) is 29.8 Å². The maximum Gasteiger partial charge on any atom is 0.224 e. The summed E-state index contributed by atoms with van der Waals surface area (Å²) in [6, 6.07) is 9.51. The van der Waals surface area contributed by atoms with Crippen LogP contribution in [0.3, 0.4) is 0 Å². The first-order valence-corrected chi connectivity index (χ1v) is 10.2. The Morgan fingerprint density at radius 1 is 1.07 bits per heavy atom. The minimum Gasteiger partial charge on any atom is -0.347 e. The highest BCUT2D eigenvalue weighted by Gasteiger charge is 2.39. The van der Waals surface area contributed by atoms with Crippen LogP contribution in [0.4, 0.5) is 8.78 Å². The highest BCUT2D eigenvalue weighted by molar-refractivity contribution is 5.79. The van der Waals surface area contributed by atoms with Gasteiger partial charge in [-0.25, -0.2) is 8.78 Å². The second-order valence-electron chi connectivity index (χ2n) is 8.63. The van der Waals surface area contributed by atoms with E-state index in [-0.39, 0.29) is 12.3 Å². The van der Waals surface area contributed by atoms with Crippen molar-refractivity contribution in [1.82, 2.24) is 10.2 Å². The second kappa shape index (κ2) is 8.62. The zero-order valence-electron chi connectivity index (χ0n) is 17.7. The van der Waals surface area contributed by atoms with Gasteiger partial charge in [0.15, 0.2) is 11.6 Å². The van der Waals surface area contributed by atoms with Crippen molar-refractivity contribution in [3.63, 3.8) is 0 Å². The van der Waals surface area contributed by atoms with Crippen LogP contribution in [-0.2, 0) is 11.2 Å². The Morgan fingerprint density at radius 3 is 2.41 bits per heavy atom. The van der Waals surface area contributed by atoms with Crippen molar-refractivity contribution in [3.05, 3.63) is 70.3 Å². The first-order valence-electron chi connectivity index (χ1n) is 10.2. The molecule has 2 aromatic rings. The minimum atomic E-state index is -0.895. The van der Waals surface area contributed by atoms with Crippen LogP contribution in [0.2, 0.25) is 0 Å². The summed E-state index contributed by atoms with van der Waals surface area (Å²) in [6.07, 6.45) is 2.46. The fourth-order valence-corrected chi connectivity index (χ4v) is 4.21. The Labute approximate surface area is 172 Å². The Hall–Kier alpha value is -2.27. The van der Waals surface area contributed by atoms with Crippen molar-refractivity contribution in [2.45, 2.75) is 58.5 Å². The van der Waals surface area contributed by atoms with Gasteiger partial charge in [0.1, 0.15) is 0 Å². The smallest absolute Gasteiger partial charge is 0.224 e. The third-order valence-corrected chi connectivity index (χ3v) is 6.07. The molecule has 2 aromatic carbocycles. The second-order valence-corrected chi connectivity index (χ2v) is 8.63. The molecule has 0 bridgehead atoms. The van der Waals surface area contributed by atoms with Gasteiger partial charge in [-0.2, -0.15) is 0 Å². The number of halogens is 2.